The van der Waals surface area contributed by atoms with E-state index in [0.717, 1.165) is 5.56 Å². The lowest BCUT2D eigenvalue weighted by atomic mass is 9.94. The number of carbonyl (C=O) groups excluding carboxylic acids is 1. The van der Waals surface area contributed by atoms with Crippen molar-refractivity contribution in [2.24, 2.45) is 5.10 Å². The predicted molar refractivity (Wildman–Crippen MR) is 56.4 cm³/mol. The van der Waals surface area contributed by atoms with Gasteiger partial charge in [-0.2, -0.15) is 5.10 Å². The molecular formula is C11H11N3O. The maximum Gasteiger partial charge on any atom is 0.222 e. The molecule has 4 heteroatoms. The second-order valence-corrected chi connectivity index (χ2v) is 3.84. The SMILES string of the molecule is O=C1CC2NN=Cc3cccc(c32)CN1. The van der Waals surface area contributed by atoms with Crippen molar-refractivity contribution >= 4 is 12.1 Å². The smallest absolute Gasteiger partial charge is 0.222 e. The number of hydrazone groups is 1. The van der Waals surface area contributed by atoms with E-state index in [1.54, 1.807) is 0 Å². The number of amides is 1. The van der Waals surface area contributed by atoms with Gasteiger partial charge in [0.25, 0.3) is 0 Å². The zero-order valence-corrected chi connectivity index (χ0v) is 8.16. The molecule has 1 aromatic carbocycles. The van der Waals surface area contributed by atoms with Crippen LogP contribution in [-0.4, -0.2) is 12.1 Å². The summed E-state index contributed by atoms with van der Waals surface area (Å²) >= 11 is 0. The first-order chi connectivity index (χ1) is 7.34. The quantitative estimate of drug-likeness (QED) is 0.648. The molecule has 2 aliphatic rings. The number of carbonyl (C=O) groups is 1. The number of nitrogens with zero attached hydrogens (tertiary/aromatic N) is 1. The Labute approximate surface area is 87.4 Å². The van der Waals surface area contributed by atoms with Crippen molar-refractivity contribution in [2.45, 2.75) is 19.0 Å². The van der Waals surface area contributed by atoms with Crippen LogP contribution in [0.5, 0.6) is 0 Å². The fourth-order valence-corrected chi connectivity index (χ4v) is 2.19. The summed E-state index contributed by atoms with van der Waals surface area (Å²) in [4.78, 5) is 11.5. The lowest BCUT2D eigenvalue weighted by Crippen LogP contribution is -2.26. The normalized spacial score (nSPS) is 22.4. The molecular weight excluding hydrogens is 190 g/mol. The highest BCUT2D eigenvalue weighted by Gasteiger charge is 2.26. The maximum absolute atomic E-state index is 11.5. The van der Waals surface area contributed by atoms with E-state index in [4.69, 9.17) is 0 Å². The average Bonchev–Trinajstić information content (AvgIpc) is 2.41. The molecule has 1 atom stereocenters. The van der Waals surface area contributed by atoms with Crippen LogP contribution in [0.2, 0.25) is 0 Å². The van der Waals surface area contributed by atoms with Crippen LogP contribution in [-0.2, 0) is 11.3 Å². The van der Waals surface area contributed by atoms with Gasteiger partial charge in [-0.25, -0.2) is 0 Å². The van der Waals surface area contributed by atoms with Gasteiger partial charge in [-0.15, -0.1) is 0 Å². The first kappa shape index (κ1) is 8.47. The molecule has 0 saturated carbocycles. The van der Waals surface area contributed by atoms with Crippen molar-refractivity contribution in [3.63, 3.8) is 0 Å². The first-order valence-electron chi connectivity index (χ1n) is 5.01. The minimum atomic E-state index is 0.0312. The van der Waals surface area contributed by atoms with Gasteiger partial charge >= 0.3 is 0 Å². The molecule has 1 unspecified atom stereocenters. The molecule has 0 radical (unpaired) electrons. The molecule has 0 spiro atoms. The Hall–Kier alpha value is -1.84. The highest BCUT2D eigenvalue weighted by molar-refractivity contribution is 5.85. The van der Waals surface area contributed by atoms with Crippen LogP contribution in [0.15, 0.2) is 23.3 Å². The largest absolute Gasteiger partial charge is 0.352 e. The van der Waals surface area contributed by atoms with E-state index >= 15 is 0 Å². The van der Waals surface area contributed by atoms with Gasteiger partial charge in [0.2, 0.25) is 5.91 Å². The molecule has 76 valence electrons. The van der Waals surface area contributed by atoms with Gasteiger partial charge < -0.3 is 10.7 Å². The highest BCUT2D eigenvalue weighted by atomic mass is 16.1. The minimum Gasteiger partial charge on any atom is -0.352 e. The monoisotopic (exact) mass is 201 g/mol. The zero-order chi connectivity index (χ0) is 10.3. The first-order valence-corrected chi connectivity index (χ1v) is 5.01. The molecule has 0 fully saturated rings. The molecule has 3 rings (SSSR count). The van der Waals surface area contributed by atoms with Gasteiger partial charge in [-0.3, -0.25) is 4.79 Å². The maximum atomic E-state index is 11.5. The van der Waals surface area contributed by atoms with Crippen molar-refractivity contribution in [3.05, 3.63) is 34.9 Å². The Morgan fingerprint density at radius 1 is 1.40 bits per heavy atom. The number of nitrogens with one attached hydrogen (secondary N) is 2. The summed E-state index contributed by atoms with van der Waals surface area (Å²) in [7, 11) is 0. The van der Waals surface area contributed by atoms with Gasteiger partial charge in [0, 0.05) is 12.1 Å². The summed E-state index contributed by atoms with van der Waals surface area (Å²) in [5.41, 5.74) is 6.51. The molecule has 0 aliphatic carbocycles. The van der Waals surface area contributed by atoms with E-state index in [-0.39, 0.29) is 11.9 Å². The third-order valence-corrected chi connectivity index (χ3v) is 2.88. The van der Waals surface area contributed by atoms with Gasteiger partial charge in [0.15, 0.2) is 0 Å². The average molecular weight is 201 g/mol. The summed E-state index contributed by atoms with van der Waals surface area (Å²) in [5, 5.41) is 6.95. The standard InChI is InChI=1S/C11H11N3O/c15-10-4-9-11-7(5-12-10)2-1-3-8(11)6-13-14-9/h1-3,6,9,14H,4-5H2,(H,12,15). The second kappa shape index (κ2) is 3.08. The van der Waals surface area contributed by atoms with Crippen LogP contribution in [0.1, 0.15) is 29.2 Å². The molecule has 0 saturated heterocycles. The number of hydrogen-bond acceptors (Lipinski definition) is 3. The van der Waals surface area contributed by atoms with Gasteiger partial charge in [0.1, 0.15) is 0 Å². The lowest BCUT2D eigenvalue weighted by molar-refractivity contribution is -0.121. The fourth-order valence-electron chi connectivity index (χ4n) is 2.19. The lowest BCUT2D eigenvalue weighted by Gasteiger charge is -2.21. The van der Waals surface area contributed by atoms with Gasteiger partial charge in [0.05, 0.1) is 18.7 Å². The second-order valence-electron chi connectivity index (χ2n) is 3.84. The van der Waals surface area contributed by atoms with Crippen molar-refractivity contribution < 1.29 is 4.79 Å². The predicted octanol–water partition coefficient (Wildman–Crippen LogP) is 0.685. The molecule has 2 heterocycles. The molecule has 1 aromatic rings. The van der Waals surface area contributed by atoms with Crippen LogP contribution in [0.4, 0.5) is 0 Å². The van der Waals surface area contributed by atoms with Crippen LogP contribution in [0.3, 0.4) is 0 Å². The fraction of sp³-hybridized carbons (Fsp3) is 0.273. The number of rotatable bonds is 0. The zero-order valence-electron chi connectivity index (χ0n) is 8.16. The molecule has 4 nitrogen and oxygen atoms in total. The van der Waals surface area contributed by atoms with Crippen LogP contribution in [0.25, 0.3) is 0 Å². The summed E-state index contributed by atoms with van der Waals surface area (Å²) in [6.07, 6.45) is 2.27. The van der Waals surface area contributed by atoms with E-state index in [9.17, 15) is 4.79 Å². The third kappa shape index (κ3) is 1.29. The molecule has 1 amide bonds. The summed E-state index contributed by atoms with van der Waals surface area (Å²) in [5.74, 6) is 0.0757. The number of hydrogen-bond donors (Lipinski definition) is 2. The number of benzene rings is 1. The van der Waals surface area contributed by atoms with Crippen LogP contribution >= 0.6 is 0 Å². The van der Waals surface area contributed by atoms with E-state index in [0.29, 0.717) is 13.0 Å². The van der Waals surface area contributed by atoms with E-state index in [1.165, 1.54) is 11.1 Å². The van der Waals surface area contributed by atoms with Gasteiger partial charge in [-0.05, 0) is 11.1 Å². The van der Waals surface area contributed by atoms with E-state index in [1.807, 2.05) is 18.3 Å². The highest BCUT2D eigenvalue weighted by Crippen LogP contribution is 2.28. The van der Waals surface area contributed by atoms with Crippen LogP contribution < -0.4 is 10.7 Å². The Balaban J connectivity index is 2.18. The Kier molecular flexibility index (Phi) is 1.74. The van der Waals surface area contributed by atoms with Crippen molar-refractivity contribution in [1.82, 2.24) is 10.7 Å². The Morgan fingerprint density at radius 2 is 2.33 bits per heavy atom. The Morgan fingerprint density at radius 3 is 3.27 bits per heavy atom. The summed E-state index contributed by atoms with van der Waals surface area (Å²) < 4.78 is 0. The minimum absolute atomic E-state index is 0.0312. The topological polar surface area (TPSA) is 53.5 Å². The van der Waals surface area contributed by atoms with Crippen molar-refractivity contribution in [1.29, 1.82) is 0 Å². The van der Waals surface area contributed by atoms with E-state index < -0.39 is 0 Å². The van der Waals surface area contributed by atoms with Crippen molar-refractivity contribution in [3.8, 4) is 0 Å². The third-order valence-electron chi connectivity index (χ3n) is 2.88. The molecule has 0 aromatic heterocycles. The van der Waals surface area contributed by atoms with Crippen LogP contribution in [0, 0.1) is 0 Å². The van der Waals surface area contributed by atoms with Crippen molar-refractivity contribution in [2.75, 3.05) is 0 Å². The molecule has 15 heavy (non-hydrogen) atoms. The Bertz CT molecular complexity index is 453. The summed E-state index contributed by atoms with van der Waals surface area (Å²) in [6.45, 7) is 0.619. The van der Waals surface area contributed by atoms with Gasteiger partial charge in [-0.1, -0.05) is 18.2 Å². The molecule has 0 bridgehead atoms. The summed E-state index contributed by atoms with van der Waals surface area (Å²) in [6, 6.07) is 6.12. The molecule has 2 N–H and O–H groups in total. The molecule has 2 aliphatic heterocycles. The van der Waals surface area contributed by atoms with E-state index in [2.05, 4.69) is 21.9 Å².